The minimum atomic E-state index is -0.210. The van der Waals surface area contributed by atoms with Gasteiger partial charge in [0.25, 0.3) is 5.91 Å². The van der Waals surface area contributed by atoms with E-state index >= 15 is 0 Å². The van der Waals surface area contributed by atoms with Crippen LogP contribution in [-0.4, -0.2) is 23.1 Å². The van der Waals surface area contributed by atoms with Crippen molar-refractivity contribution in [2.45, 2.75) is 19.0 Å². The predicted molar refractivity (Wildman–Crippen MR) is 117 cm³/mol. The number of carbonyl (C=O) groups excluding carboxylic acids is 2. The Morgan fingerprint density at radius 3 is 2.60 bits per heavy atom. The molecule has 0 aliphatic carbocycles. The van der Waals surface area contributed by atoms with Crippen molar-refractivity contribution in [3.63, 3.8) is 0 Å². The quantitative estimate of drug-likeness (QED) is 0.621. The molecule has 1 atom stereocenters. The zero-order valence-electron chi connectivity index (χ0n) is 16.0. The molecular formula is C24H18ClN3O2. The number of halogens is 1. The highest BCUT2D eigenvalue weighted by molar-refractivity contribution is 6.30. The summed E-state index contributed by atoms with van der Waals surface area (Å²) in [5, 5.41) is 3.64. The van der Waals surface area contributed by atoms with Crippen molar-refractivity contribution in [2.24, 2.45) is 4.99 Å². The van der Waals surface area contributed by atoms with E-state index < -0.39 is 0 Å². The molecule has 5 rings (SSSR count). The standard InChI is InChI=1S/C24H18ClN3O2/c25-18-8-5-16-13-28(14-17(16)11-18)24(30)27-19-9-6-15(7-10-19)22-12-26-23(29)21-4-2-1-3-20(21)22/h1-12,22H,13-14H2,(H,27,30). The average Bonchev–Trinajstić information content (AvgIpc) is 3.18. The van der Waals surface area contributed by atoms with Gasteiger partial charge in [0.05, 0.1) is 0 Å². The molecule has 2 heterocycles. The minimum absolute atomic E-state index is 0.0820. The Morgan fingerprint density at radius 1 is 1.00 bits per heavy atom. The molecular weight excluding hydrogens is 398 g/mol. The van der Waals surface area contributed by atoms with E-state index in [2.05, 4.69) is 10.3 Å². The molecule has 5 nitrogen and oxygen atoms in total. The number of urea groups is 1. The largest absolute Gasteiger partial charge is 0.322 e. The van der Waals surface area contributed by atoms with E-state index in [0.717, 1.165) is 27.9 Å². The lowest BCUT2D eigenvalue weighted by molar-refractivity contribution is 0.100. The normalized spacial score (nSPS) is 16.9. The van der Waals surface area contributed by atoms with E-state index in [-0.39, 0.29) is 17.9 Å². The molecule has 2 aliphatic rings. The maximum Gasteiger partial charge on any atom is 0.322 e. The topological polar surface area (TPSA) is 61.8 Å². The molecule has 0 bridgehead atoms. The molecule has 0 radical (unpaired) electrons. The number of rotatable bonds is 2. The van der Waals surface area contributed by atoms with Gasteiger partial charge in [0, 0.05) is 41.5 Å². The minimum Gasteiger partial charge on any atom is -0.316 e. The predicted octanol–water partition coefficient (Wildman–Crippen LogP) is 5.24. The third-order valence-corrected chi connectivity index (χ3v) is 5.80. The summed E-state index contributed by atoms with van der Waals surface area (Å²) >= 11 is 6.05. The molecule has 2 aliphatic heterocycles. The summed E-state index contributed by atoms with van der Waals surface area (Å²) in [6, 6.07) is 20.8. The number of nitrogens with one attached hydrogen (secondary N) is 1. The van der Waals surface area contributed by atoms with Crippen LogP contribution in [0.5, 0.6) is 0 Å². The monoisotopic (exact) mass is 415 g/mol. The maximum atomic E-state index is 12.7. The van der Waals surface area contributed by atoms with Gasteiger partial charge < -0.3 is 10.2 Å². The van der Waals surface area contributed by atoms with Gasteiger partial charge in [-0.3, -0.25) is 4.79 Å². The Kier molecular flexibility index (Phi) is 4.60. The first-order valence-electron chi connectivity index (χ1n) is 9.69. The van der Waals surface area contributed by atoms with Gasteiger partial charge in [0.2, 0.25) is 0 Å². The van der Waals surface area contributed by atoms with Crippen LogP contribution in [0.2, 0.25) is 5.02 Å². The van der Waals surface area contributed by atoms with Crippen LogP contribution >= 0.6 is 11.6 Å². The van der Waals surface area contributed by atoms with Crippen LogP contribution in [0.1, 0.15) is 38.5 Å². The molecule has 0 aromatic heterocycles. The van der Waals surface area contributed by atoms with Gasteiger partial charge >= 0.3 is 6.03 Å². The summed E-state index contributed by atoms with van der Waals surface area (Å²) in [5.74, 6) is -0.292. The second-order valence-electron chi connectivity index (χ2n) is 7.47. The zero-order valence-corrected chi connectivity index (χ0v) is 16.8. The summed E-state index contributed by atoms with van der Waals surface area (Å²) in [7, 11) is 0. The Hall–Kier alpha value is -3.44. The van der Waals surface area contributed by atoms with Gasteiger partial charge in [-0.15, -0.1) is 0 Å². The SMILES string of the molecule is O=C1N=CC(c2ccc(NC(=O)N3Cc4ccc(Cl)cc4C3)cc2)c2ccccc21. The van der Waals surface area contributed by atoms with Crippen molar-refractivity contribution in [1.29, 1.82) is 0 Å². The van der Waals surface area contributed by atoms with Crippen LogP contribution in [0.4, 0.5) is 10.5 Å². The smallest absolute Gasteiger partial charge is 0.316 e. The summed E-state index contributed by atoms with van der Waals surface area (Å²) in [6.07, 6.45) is 1.69. The number of fused-ring (bicyclic) bond motifs is 2. The molecule has 1 unspecified atom stereocenters. The molecule has 0 saturated heterocycles. The summed E-state index contributed by atoms with van der Waals surface area (Å²) in [5.41, 5.74) is 5.51. The van der Waals surface area contributed by atoms with E-state index in [1.807, 2.05) is 60.7 Å². The summed E-state index contributed by atoms with van der Waals surface area (Å²) < 4.78 is 0. The summed E-state index contributed by atoms with van der Waals surface area (Å²) in [6.45, 7) is 1.11. The van der Waals surface area contributed by atoms with Crippen molar-refractivity contribution in [2.75, 3.05) is 5.32 Å². The lowest BCUT2D eigenvalue weighted by atomic mass is 9.87. The number of anilines is 1. The Labute approximate surface area is 179 Å². The van der Waals surface area contributed by atoms with Gasteiger partial charge in [0.1, 0.15) is 0 Å². The van der Waals surface area contributed by atoms with E-state index in [4.69, 9.17) is 11.6 Å². The fraction of sp³-hybridized carbons (Fsp3) is 0.125. The number of hydrogen-bond donors (Lipinski definition) is 1. The van der Waals surface area contributed by atoms with Gasteiger partial charge in [-0.05, 0) is 52.6 Å². The first-order valence-corrected chi connectivity index (χ1v) is 10.1. The van der Waals surface area contributed by atoms with Gasteiger partial charge in [-0.1, -0.05) is 48.0 Å². The van der Waals surface area contributed by atoms with Crippen LogP contribution in [-0.2, 0) is 13.1 Å². The van der Waals surface area contributed by atoms with Crippen molar-refractivity contribution < 1.29 is 9.59 Å². The van der Waals surface area contributed by atoms with Crippen LogP contribution in [0.15, 0.2) is 71.7 Å². The maximum absolute atomic E-state index is 12.7. The van der Waals surface area contributed by atoms with Crippen molar-refractivity contribution in [1.82, 2.24) is 4.90 Å². The molecule has 3 amide bonds. The van der Waals surface area contributed by atoms with Crippen molar-refractivity contribution in [3.05, 3.63) is 99.6 Å². The highest BCUT2D eigenvalue weighted by atomic mass is 35.5. The number of nitrogens with zero attached hydrogens (tertiary/aromatic N) is 2. The Morgan fingerprint density at radius 2 is 1.77 bits per heavy atom. The molecule has 0 saturated carbocycles. The highest BCUT2D eigenvalue weighted by Gasteiger charge is 2.25. The molecule has 148 valence electrons. The molecule has 0 spiro atoms. The molecule has 0 fully saturated rings. The van der Waals surface area contributed by atoms with Crippen molar-refractivity contribution in [3.8, 4) is 0 Å². The fourth-order valence-electron chi connectivity index (χ4n) is 4.00. The number of hydrogen-bond acceptors (Lipinski definition) is 2. The third kappa shape index (κ3) is 3.37. The van der Waals surface area contributed by atoms with Gasteiger partial charge in [0.15, 0.2) is 0 Å². The van der Waals surface area contributed by atoms with Crippen molar-refractivity contribution >= 4 is 35.4 Å². The third-order valence-electron chi connectivity index (χ3n) is 5.57. The molecule has 1 N–H and O–H groups in total. The van der Waals surface area contributed by atoms with Gasteiger partial charge in [-0.25, -0.2) is 9.79 Å². The zero-order chi connectivity index (χ0) is 20.7. The Balaban J connectivity index is 1.30. The second-order valence-corrected chi connectivity index (χ2v) is 7.91. The first-order chi connectivity index (χ1) is 14.6. The lowest BCUT2D eigenvalue weighted by Crippen LogP contribution is -2.30. The highest BCUT2D eigenvalue weighted by Crippen LogP contribution is 2.31. The van der Waals surface area contributed by atoms with Crippen LogP contribution in [0, 0.1) is 0 Å². The molecule has 30 heavy (non-hydrogen) atoms. The van der Waals surface area contributed by atoms with E-state index in [9.17, 15) is 9.59 Å². The number of carbonyl (C=O) groups is 2. The van der Waals surface area contributed by atoms with Crippen LogP contribution in [0.3, 0.4) is 0 Å². The molecule has 3 aromatic carbocycles. The van der Waals surface area contributed by atoms with Gasteiger partial charge in [-0.2, -0.15) is 0 Å². The Bertz CT molecular complexity index is 1190. The summed E-state index contributed by atoms with van der Waals surface area (Å²) in [4.78, 5) is 30.5. The second kappa shape index (κ2) is 7.43. The number of aliphatic imine (C=N–C) groups is 1. The molecule has 3 aromatic rings. The van der Waals surface area contributed by atoms with E-state index in [1.54, 1.807) is 17.2 Å². The number of benzene rings is 3. The van der Waals surface area contributed by atoms with Crippen LogP contribution in [0.25, 0.3) is 0 Å². The average molecular weight is 416 g/mol. The lowest BCUT2D eigenvalue weighted by Gasteiger charge is -2.20. The molecule has 6 heteroatoms. The van der Waals surface area contributed by atoms with Crippen LogP contribution < -0.4 is 5.32 Å². The first kappa shape index (κ1) is 18.6. The fourth-order valence-corrected chi connectivity index (χ4v) is 4.20. The van der Waals surface area contributed by atoms with E-state index in [1.165, 1.54) is 0 Å². The number of amides is 3. The van der Waals surface area contributed by atoms with E-state index in [0.29, 0.717) is 23.7 Å².